The lowest BCUT2D eigenvalue weighted by Gasteiger charge is -2.24. The van der Waals surface area contributed by atoms with Gasteiger partial charge in [-0.25, -0.2) is 9.99 Å². The van der Waals surface area contributed by atoms with E-state index in [1.54, 1.807) is 0 Å². The standard InChI is InChI=1S/C29H29N3O2/c1-4-33-23-14-10-21(11-15-23)27-19-28(22-12-16-24(17-13-22)34-5-2)32(31-27)29-18-20(3)25-8-6-7-9-26(25)30-29/h6-18,28H,4-5,19H2,1-3H3. The van der Waals surface area contributed by atoms with E-state index in [-0.39, 0.29) is 6.04 Å². The highest BCUT2D eigenvalue weighted by atomic mass is 16.5. The zero-order valence-corrected chi connectivity index (χ0v) is 19.9. The number of hydrazone groups is 1. The molecule has 0 radical (unpaired) electrons. The van der Waals surface area contributed by atoms with Gasteiger partial charge in [0.2, 0.25) is 0 Å². The first-order chi connectivity index (χ1) is 16.7. The molecule has 0 saturated carbocycles. The van der Waals surface area contributed by atoms with Crippen LogP contribution >= 0.6 is 0 Å². The number of pyridine rings is 1. The van der Waals surface area contributed by atoms with E-state index in [9.17, 15) is 0 Å². The summed E-state index contributed by atoms with van der Waals surface area (Å²) >= 11 is 0. The van der Waals surface area contributed by atoms with Crippen LogP contribution in [0.15, 0.2) is 84.0 Å². The van der Waals surface area contributed by atoms with E-state index in [4.69, 9.17) is 19.6 Å². The second-order valence-electron chi connectivity index (χ2n) is 8.39. The quantitative estimate of drug-likeness (QED) is 0.314. The van der Waals surface area contributed by atoms with Gasteiger partial charge < -0.3 is 9.47 Å². The summed E-state index contributed by atoms with van der Waals surface area (Å²) in [6.07, 6.45) is 0.787. The second-order valence-corrected chi connectivity index (χ2v) is 8.39. The number of fused-ring (bicyclic) bond motifs is 1. The average molecular weight is 452 g/mol. The van der Waals surface area contributed by atoms with E-state index < -0.39 is 0 Å². The lowest BCUT2D eigenvalue weighted by atomic mass is 9.98. The molecule has 5 nitrogen and oxygen atoms in total. The molecule has 0 aliphatic carbocycles. The molecule has 1 aliphatic heterocycles. The number of para-hydroxylation sites is 1. The fraction of sp³-hybridized carbons (Fsp3) is 0.241. The monoisotopic (exact) mass is 451 g/mol. The zero-order valence-electron chi connectivity index (χ0n) is 19.9. The van der Waals surface area contributed by atoms with Crippen molar-refractivity contribution < 1.29 is 9.47 Å². The molecule has 0 bridgehead atoms. The Hall–Kier alpha value is -3.86. The van der Waals surface area contributed by atoms with Gasteiger partial charge >= 0.3 is 0 Å². The van der Waals surface area contributed by atoms with Crippen molar-refractivity contribution in [2.75, 3.05) is 18.2 Å². The molecular weight excluding hydrogens is 422 g/mol. The van der Waals surface area contributed by atoms with Gasteiger partial charge in [0.15, 0.2) is 0 Å². The molecule has 2 heterocycles. The summed E-state index contributed by atoms with van der Waals surface area (Å²) in [7, 11) is 0. The van der Waals surface area contributed by atoms with Crippen LogP contribution in [-0.2, 0) is 0 Å². The van der Waals surface area contributed by atoms with Crippen LogP contribution in [-0.4, -0.2) is 23.9 Å². The van der Waals surface area contributed by atoms with Gasteiger partial charge in [0.1, 0.15) is 17.3 Å². The van der Waals surface area contributed by atoms with Crippen LogP contribution in [0.4, 0.5) is 5.82 Å². The maximum Gasteiger partial charge on any atom is 0.150 e. The molecule has 0 spiro atoms. The van der Waals surface area contributed by atoms with E-state index in [0.717, 1.165) is 40.5 Å². The van der Waals surface area contributed by atoms with Gasteiger partial charge in [-0.3, -0.25) is 0 Å². The summed E-state index contributed by atoms with van der Waals surface area (Å²) in [5, 5.41) is 8.32. The van der Waals surface area contributed by atoms with Gasteiger partial charge in [0.25, 0.3) is 0 Å². The molecule has 0 amide bonds. The van der Waals surface area contributed by atoms with Crippen molar-refractivity contribution in [1.82, 2.24) is 4.98 Å². The van der Waals surface area contributed by atoms with Gasteiger partial charge in [0, 0.05) is 11.8 Å². The third-order valence-corrected chi connectivity index (χ3v) is 6.13. The van der Waals surface area contributed by atoms with Crippen LogP contribution in [0.5, 0.6) is 11.5 Å². The first-order valence-corrected chi connectivity index (χ1v) is 11.9. The van der Waals surface area contributed by atoms with Crippen LogP contribution in [0.3, 0.4) is 0 Å². The zero-order chi connectivity index (χ0) is 23.5. The Morgan fingerprint density at radius 1 is 0.853 bits per heavy atom. The molecule has 0 saturated heterocycles. The third kappa shape index (κ3) is 4.34. The highest BCUT2D eigenvalue weighted by Gasteiger charge is 2.31. The molecule has 0 fully saturated rings. The van der Waals surface area contributed by atoms with Crippen LogP contribution in [0.25, 0.3) is 10.9 Å². The molecule has 34 heavy (non-hydrogen) atoms. The Morgan fingerprint density at radius 3 is 2.18 bits per heavy atom. The lowest BCUT2D eigenvalue weighted by molar-refractivity contribution is 0.340. The van der Waals surface area contributed by atoms with Crippen LogP contribution in [0, 0.1) is 6.92 Å². The Balaban J connectivity index is 1.55. The molecule has 172 valence electrons. The molecule has 3 aromatic carbocycles. The number of benzene rings is 3. The van der Waals surface area contributed by atoms with Crippen molar-refractivity contribution in [3.05, 3.63) is 95.6 Å². The summed E-state index contributed by atoms with van der Waals surface area (Å²) in [4.78, 5) is 4.98. The number of hydrogen-bond donors (Lipinski definition) is 0. The lowest BCUT2D eigenvalue weighted by Crippen LogP contribution is -2.19. The molecule has 1 unspecified atom stereocenters. The number of aromatic nitrogens is 1. The van der Waals surface area contributed by atoms with Crippen LogP contribution in [0.1, 0.15) is 43.0 Å². The molecule has 0 N–H and O–H groups in total. The summed E-state index contributed by atoms with van der Waals surface area (Å²) in [6.45, 7) is 7.43. The topological polar surface area (TPSA) is 47.0 Å². The second kappa shape index (κ2) is 9.56. The third-order valence-electron chi connectivity index (χ3n) is 6.13. The normalized spacial score (nSPS) is 15.4. The molecule has 4 aromatic rings. The number of nitrogens with zero attached hydrogens (tertiary/aromatic N) is 3. The van der Waals surface area contributed by atoms with Gasteiger partial charge in [-0.2, -0.15) is 5.10 Å². The van der Waals surface area contributed by atoms with Crippen molar-refractivity contribution in [3.63, 3.8) is 0 Å². The highest BCUT2D eigenvalue weighted by Crippen LogP contribution is 2.38. The molecule has 1 atom stereocenters. The minimum Gasteiger partial charge on any atom is -0.494 e. The van der Waals surface area contributed by atoms with Gasteiger partial charge in [-0.05, 0) is 86.0 Å². The Bertz CT molecular complexity index is 1310. The first kappa shape index (κ1) is 22.0. The number of hydrogen-bond acceptors (Lipinski definition) is 5. The van der Waals surface area contributed by atoms with Crippen molar-refractivity contribution >= 4 is 22.4 Å². The SMILES string of the molecule is CCOc1ccc(C2=NN(c3cc(C)c4ccccc4n3)C(c3ccc(OCC)cc3)C2)cc1. The maximum atomic E-state index is 5.65. The predicted octanol–water partition coefficient (Wildman–Crippen LogP) is 6.70. The Labute approximate surface area is 200 Å². The number of aryl methyl sites for hydroxylation is 1. The summed E-state index contributed by atoms with van der Waals surface area (Å²) in [5.41, 5.74) is 5.48. The van der Waals surface area contributed by atoms with Crippen molar-refractivity contribution in [2.45, 2.75) is 33.2 Å². The number of anilines is 1. The summed E-state index contributed by atoms with van der Waals surface area (Å²) < 4.78 is 11.3. The molecular formula is C29H29N3O2. The molecule has 1 aliphatic rings. The van der Waals surface area contributed by atoms with Gasteiger partial charge in [-0.15, -0.1) is 0 Å². The number of rotatable bonds is 7. The Morgan fingerprint density at radius 2 is 1.50 bits per heavy atom. The van der Waals surface area contributed by atoms with E-state index >= 15 is 0 Å². The first-order valence-electron chi connectivity index (χ1n) is 11.9. The van der Waals surface area contributed by atoms with Crippen molar-refractivity contribution in [1.29, 1.82) is 0 Å². The minimum atomic E-state index is 0.0466. The largest absolute Gasteiger partial charge is 0.494 e. The molecule has 5 rings (SSSR count). The maximum absolute atomic E-state index is 5.65. The Kier molecular flexibility index (Phi) is 6.17. The number of ether oxygens (including phenoxy) is 2. The van der Waals surface area contributed by atoms with Crippen molar-refractivity contribution in [2.24, 2.45) is 5.10 Å². The fourth-order valence-electron chi connectivity index (χ4n) is 4.47. The van der Waals surface area contributed by atoms with Crippen LogP contribution < -0.4 is 14.5 Å². The summed E-state index contributed by atoms with van der Waals surface area (Å²) in [6, 6.07) is 27.0. The highest BCUT2D eigenvalue weighted by molar-refractivity contribution is 6.03. The van der Waals surface area contributed by atoms with Gasteiger partial charge in [-0.1, -0.05) is 30.3 Å². The van der Waals surface area contributed by atoms with E-state index in [2.05, 4.69) is 60.5 Å². The van der Waals surface area contributed by atoms with Crippen molar-refractivity contribution in [3.8, 4) is 11.5 Å². The molecule has 5 heteroatoms. The molecule has 1 aromatic heterocycles. The smallest absolute Gasteiger partial charge is 0.150 e. The summed E-state index contributed by atoms with van der Waals surface area (Å²) in [5.74, 6) is 2.61. The fourth-order valence-corrected chi connectivity index (χ4v) is 4.47. The van der Waals surface area contributed by atoms with E-state index in [0.29, 0.717) is 13.2 Å². The van der Waals surface area contributed by atoms with Crippen LogP contribution in [0.2, 0.25) is 0 Å². The average Bonchev–Trinajstić information content (AvgIpc) is 3.31. The minimum absolute atomic E-state index is 0.0466. The van der Waals surface area contributed by atoms with Gasteiger partial charge in [0.05, 0.1) is 30.5 Å². The van der Waals surface area contributed by atoms with E-state index in [1.165, 1.54) is 16.5 Å². The van der Waals surface area contributed by atoms with E-state index in [1.807, 2.05) is 44.2 Å². The predicted molar refractivity (Wildman–Crippen MR) is 138 cm³/mol.